The largest absolute Gasteiger partial charge is 0.394 e. The van der Waals surface area contributed by atoms with Gasteiger partial charge < -0.3 is 10.4 Å². The lowest BCUT2D eigenvalue weighted by Crippen LogP contribution is -2.15. The lowest BCUT2D eigenvalue weighted by molar-refractivity contribution is 0.276. The zero-order chi connectivity index (χ0) is 13.8. The number of aryl methyl sites for hydroxylation is 2. The minimum atomic E-state index is -0.154. The highest BCUT2D eigenvalue weighted by atomic mass is 35.5. The van der Waals surface area contributed by atoms with Crippen molar-refractivity contribution in [2.45, 2.75) is 19.9 Å². The van der Waals surface area contributed by atoms with E-state index in [1.807, 2.05) is 56.3 Å². The van der Waals surface area contributed by atoms with Gasteiger partial charge in [0, 0.05) is 10.7 Å². The van der Waals surface area contributed by atoms with Crippen molar-refractivity contribution in [3.8, 4) is 0 Å². The van der Waals surface area contributed by atoms with E-state index in [2.05, 4.69) is 5.32 Å². The van der Waals surface area contributed by atoms with Gasteiger partial charge in [-0.2, -0.15) is 0 Å². The summed E-state index contributed by atoms with van der Waals surface area (Å²) in [7, 11) is 0. The summed E-state index contributed by atoms with van der Waals surface area (Å²) < 4.78 is 0. The van der Waals surface area contributed by atoms with Crippen molar-refractivity contribution in [1.82, 2.24) is 0 Å². The van der Waals surface area contributed by atoms with Crippen LogP contribution in [0.15, 0.2) is 42.5 Å². The maximum absolute atomic E-state index is 9.59. The summed E-state index contributed by atoms with van der Waals surface area (Å²) in [5.74, 6) is 0. The topological polar surface area (TPSA) is 32.3 Å². The molecule has 0 aliphatic rings. The van der Waals surface area contributed by atoms with Crippen molar-refractivity contribution < 1.29 is 5.11 Å². The minimum Gasteiger partial charge on any atom is -0.394 e. The smallest absolute Gasteiger partial charge is 0.0745 e. The summed E-state index contributed by atoms with van der Waals surface area (Å²) in [6.45, 7) is 4.03. The van der Waals surface area contributed by atoms with Gasteiger partial charge in [-0.25, -0.2) is 0 Å². The molecular weight excluding hydrogens is 258 g/mol. The Hall–Kier alpha value is -1.51. The second-order valence-electron chi connectivity index (χ2n) is 4.70. The molecule has 0 aliphatic carbocycles. The van der Waals surface area contributed by atoms with Crippen LogP contribution in [0.1, 0.15) is 22.7 Å². The van der Waals surface area contributed by atoms with Crippen LogP contribution in [0.2, 0.25) is 5.02 Å². The van der Waals surface area contributed by atoms with Crippen molar-refractivity contribution in [2.24, 2.45) is 0 Å². The standard InChI is InChI=1S/C16H18ClNO/c1-11-7-8-13(9-14(11)17)16(10-19)18-15-6-4-3-5-12(15)2/h3-9,16,18-19H,10H2,1-2H3. The van der Waals surface area contributed by atoms with Gasteiger partial charge in [-0.1, -0.05) is 41.9 Å². The molecule has 0 saturated carbocycles. The number of halogens is 1. The summed E-state index contributed by atoms with van der Waals surface area (Å²) in [4.78, 5) is 0. The van der Waals surface area contributed by atoms with Crippen LogP contribution in [0.25, 0.3) is 0 Å². The number of para-hydroxylation sites is 1. The molecule has 0 saturated heterocycles. The normalized spacial score (nSPS) is 12.2. The van der Waals surface area contributed by atoms with E-state index < -0.39 is 0 Å². The first-order chi connectivity index (χ1) is 9.11. The molecule has 1 unspecified atom stereocenters. The lowest BCUT2D eigenvalue weighted by Gasteiger charge is -2.20. The molecular formula is C16H18ClNO. The van der Waals surface area contributed by atoms with Crippen molar-refractivity contribution >= 4 is 17.3 Å². The molecule has 0 heterocycles. The van der Waals surface area contributed by atoms with Crippen LogP contribution in [-0.2, 0) is 0 Å². The van der Waals surface area contributed by atoms with E-state index >= 15 is 0 Å². The zero-order valence-corrected chi connectivity index (χ0v) is 11.9. The molecule has 0 amide bonds. The molecule has 100 valence electrons. The first kappa shape index (κ1) is 13.9. The molecule has 2 N–H and O–H groups in total. The zero-order valence-electron chi connectivity index (χ0n) is 11.2. The second-order valence-corrected chi connectivity index (χ2v) is 5.11. The third-order valence-corrected chi connectivity index (χ3v) is 3.66. The molecule has 2 aromatic rings. The van der Waals surface area contributed by atoms with E-state index in [0.717, 1.165) is 27.4 Å². The van der Waals surface area contributed by atoms with E-state index in [-0.39, 0.29) is 12.6 Å². The SMILES string of the molecule is Cc1ccc(C(CO)Nc2ccccc2C)cc1Cl. The van der Waals surface area contributed by atoms with Crippen LogP contribution < -0.4 is 5.32 Å². The second kappa shape index (κ2) is 6.09. The molecule has 1 atom stereocenters. The maximum Gasteiger partial charge on any atom is 0.0745 e. The number of hydrogen-bond acceptors (Lipinski definition) is 2. The lowest BCUT2D eigenvalue weighted by atomic mass is 10.0. The van der Waals surface area contributed by atoms with Crippen LogP contribution in [0, 0.1) is 13.8 Å². The maximum atomic E-state index is 9.59. The highest BCUT2D eigenvalue weighted by molar-refractivity contribution is 6.31. The Morgan fingerprint density at radius 2 is 1.84 bits per heavy atom. The summed E-state index contributed by atoms with van der Waals surface area (Å²) in [5, 5.41) is 13.7. The van der Waals surface area contributed by atoms with Gasteiger partial charge in [0.1, 0.15) is 0 Å². The molecule has 3 heteroatoms. The molecule has 0 fully saturated rings. The molecule has 0 radical (unpaired) electrons. The van der Waals surface area contributed by atoms with Crippen LogP contribution in [0.3, 0.4) is 0 Å². The fourth-order valence-corrected chi connectivity index (χ4v) is 2.17. The minimum absolute atomic E-state index is 0.0216. The van der Waals surface area contributed by atoms with E-state index in [4.69, 9.17) is 11.6 Å². The van der Waals surface area contributed by atoms with Crippen LogP contribution >= 0.6 is 11.6 Å². The van der Waals surface area contributed by atoms with Crippen molar-refractivity contribution in [3.05, 3.63) is 64.2 Å². The number of aliphatic hydroxyl groups is 1. The first-order valence-corrected chi connectivity index (χ1v) is 6.68. The number of anilines is 1. The quantitative estimate of drug-likeness (QED) is 0.880. The van der Waals surface area contributed by atoms with Gasteiger partial charge in [0.15, 0.2) is 0 Å². The van der Waals surface area contributed by atoms with Gasteiger partial charge in [-0.15, -0.1) is 0 Å². The highest BCUT2D eigenvalue weighted by Gasteiger charge is 2.12. The summed E-state index contributed by atoms with van der Waals surface area (Å²) in [6, 6.07) is 13.7. The average Bonchev–Trinajstić information content (AvgIpc) is 2.41. The number of nitrogens with one attached hydrogen (secondary N) is 1. The molecule has 0 aromatic heterocycles. The monoisotopic (exact) mass is 275 g/mol. The predicted octanol–water partition coefficient (Wildman–Crippen LogP) is 4.10. The molecule has 2 nitrogen and oxygen atoms in total. The van der Waals surface area contributed by atoms with Crippen LogP contribution in [0.4, 0.5) is 5.69 Å². The summed E-state index contributed by atoms with van der Waals surface area (Å²) >= 11 is 6.14. The number of hydrogen-bond donors (Lipinski definition) is 2. The number of rotatable bonds is 4. The van der Waals surface area contributed by atoms with Gasteiger partial charge in [-0.05, 0) is 42.7 Å². The van der Waals surface area contributed by atoms with Gasteiger partial charge in [-0.3, -0.25) is 0 Å². The molecule has 2 rings (SSSR count). The molecule has 0 bridgehead atoms. The van der Waals surface area contributed by atoms with E-state index in [0.29, 0.717) is 0 Å². The Morgan fingerprint density at radius 1 is 1.11 bits per heavy atom. The average molecular weight is 276 g/mol. The van der Waals surface area contributed by atoms with E-state index in [1.165, 1.54) is 0 Å². The van der Waals surface area contributed by atoms with Gasteiger partial charge in [0.25, 0.3) is 0 Å². The summed E-state index contributed by atoms with van der Waals surface area (Å²) in [6.07, 6.45) is 0. The van der Waals surface area contributed by atoms with Crippen molar-refractivity contribution in [3.63, 3.8) is 0 Å². The van der Waals surface area contributed by atoms with Gasteiger partial charge >= 0.3 is 0 Å². The highest BCUT2D eigenvalue weighted by Crippen LogP contribution is 2.25. The van der Waals surface area contributed by atoms with Crippen LogP contribution in [-0.4, -0.2) is 11.7 Å². The molecule has 0 spiro atoms. The number of benzene rings is 2. The fraction of sp³-hybridized carbons (Fsp3) is 0.250. The van der Waals surface area contributed by atoms with Crippen LogP contribution in [0.5, 0.6) is 0 Å². The van der Waals surface area contributed by atoms with E-state index in [1.54, 1.807) is 0 Å². The van der Waals surface area contributed by atoms with E-state index in [9.17, 15) is 5.11 Å². The first-order valence-electron chi connectivity index (χ1n) is 6.31. The Kier molecular flexibility index (Phi) is 4.46. The Bertz CT molecular complexity index is 568. The molecule has 19 heavy (non-hydrogen) atoms. The van der Waals surface area contributed by atoms with Crippen molar-refractivity contribution in [2.75, 3.05) is 11.9 Å². The fourth-order valence-electron chi connectivity index (χ4n) is 1.98. The Balaban J connectivity index is 2.25. The van der Waals surface area contributed by atoms with Gasteiger partial charge in [0.2, 0.25) is 0 Å². The Labute approximate surface area is 119 Å². The number of aliphatic hydroxyl groups excluding tert-OH is 1. The third kappa shape index (κ3) is 3.28. The predicted molar refractivity (Wildman–Crippen MR) is 80.8 cm³/mol. The summed E-state index contributed by atoms with van der Waals surface area (Å²) in [5.41, 5.74) is 4.21. The third-order valence-electron chi connectivity index (χ3n) is 3.26. The van der Waals surface area contributed by atoms with Gasteiger partial charge in [0.05, 0.1) is 12.6 Å². The molecule has 0 aliphatic heterocycles. The Morgan fingerprint density at radius 3 is 2.47 bits per heavy atom. The molecule has 2 aromatic carbocycles. The van der Waals surface area contributed by atoms with Crippen molar-refractivity contribution in [1.29, 1.82) is 0 Å².